The molecule has 10 heteroatoms. The highest BCUT2D eigenvalue weighted by atomic mass is 35.5. The van der Waals surface area contributed by atoms with Crippen LogP contribution < -0.4 is 5.73 Å². The average Bonchev–Trinajstić information content (AvgIpc) is 2.47. The number of morpholine rings is 1. The van der Waals surface area contributed by atoms with E-state index in [4.69, 9.17) is 10.5 Å². The van der Waals surface area contributed by atoms with E-state index in [0.29, 0.717) is 0 Å². The molecule has 0 radical (unpaired) electrons. The second-order valence-electron chi connectivity index (χ2n) is 4.35. The van der Waals surface area contributed by atoms with E-state index < -0.39 is 14.9 Å². The lowest BCUT2D eigenvalue weighted by molar-refractivity contribution is -0.385. The number of benzene rings is 1. The standard InChI is InChI=1S/C11H15N3O5S.ClH/c12-7-10-8-13(4-5-19-10)20(17,18)11-3-1-2-9(6-11)14(15)16;/h1-3,6,10H,4-5,7-8,12H2;1H. The van der Waals surface area contributed by atoms with Crippen LogP contribution in [-0.4, -0.2) is 50.0 Å². The van der Waals surface area contributed by atoms with Crippen molar-refractivity contribution in [2.75, 3.05) is 26.2 Å². The maximum absolute atomic E-state index is 12.4. The Morgan fingerprint density at radius 1 is 1.48 bits per heavy atom. The van der Waals surface area contributed by atoms with E-state index in [9.17, 15) is 18.5 Å². The molecule has 0 aliphatic carbocycles. The number of nitrogens with two attached hydrogens (primary N) is 1. The molecule has 1 aliphatic heterocycles. The molecule has 0 spiro atoms. The molecule has 1 saturated heterocycles. The Balaban J connectivity index is 0.00000220. The van der Waals surface area contributed by atoms with Crippen LogP contribution in [0.2, 0.25) is 0 Å². The monoisotopic (exact) mass is 337 g/mol. The van der Waals surface area contributed by atoms with Crippen molar-refractivity contribution in [2.24, 2.45) is 5.73 Å². The summed E-state index contributed by atoms with van der Waals surface area (Å²) in [4.78, 5) is 10.00. The van der Waals surface area contributed by atoms with Gasteiger partial charge in [-0.25, -0.2) is 8.42 Å². The molecule has 1 aliphatic rings. The number of ether oxygens (including phenoxy) is 1. The molecule has 1 heterocycles. The predicted octanol–water partition coefficient (Wildman–Crippen LogP) is 0.365. The first kappa shape index (κ1) is 17.8. The highest BCUT2D eigenvalue weighted by Crippen LogP contribution is 2.22. The molecule has 1 aromatic carbocycles. The minimum Gasteiger partial charge on any atom is -0.374 e. The fourth-order valence-corrected chi connectivity index (χ4v) is 3.46. The highest BCUT2D eigenvalue weighted by Gasteiger charge is 2.31. The van der Waals surface area contributed by atoms with Gasteiger partial charge in [-0.2, -0.15) is 4.31 Å². The van der Waals surface area contributed by atoms with Gasteiger partial charge in [0.1, 0.15) is 0 Å². The van der Waals surface area contributed by atoms with Crippen molar-refractivity contribution in [2.45, 2.75) is 11.0 Å². The molecular weight excluding hydrogens is 322 g/mol. The van der Waals surface area contributed by atoms with E-state index in [1.165, 1.54) is 22.5 Å². The molecule has 0 bridgehead atoms. The van der Waals surface area contributed by atoms with Crippen molar-refractivity contribution in [1.82, 2.24) is 4.31 Å². The molecule has 1 aromatic rings. The smallest absolute Gasteiger partial charge is 0.270 e. The second-order valence-corrected chi connectivity index (χ2v) is 6.28. The summed E-state index contributed by atoms with van der Waals surface area (Å²) in [6.07, 6.45) is -0.350. The van der Waals surface area contributed by atoms with E-state index in [0.717, 1.165) is 6.07 Å². The van der Waals surface area contributed by atoms with Gasteiger partial charge in [-0.1, -0.05) is 6.07 Å². The molecule has 1 fully saturated rings. The molecule has 21 heavy (non-hydrogen) atoms. The van der Waals surface area contributed by atoms with Crippen LogP contribution in [0.3, 0.4) is 0 Å². The normalized spacial score (nSPS) is 19.8. The van der Waals surface area contributed by atoms with Crippen molar-refractivity contribution in [1.29, 1.82) is 0 Å². The first-order chi connectivity index (χ1) is 9.45. The fraction of sp³-hybridized carbons (Fsp3) is 0.455. The molecule has 8 nitrogen and oxygen atoms in total. The summed E-state index contributed by atoms with van der Waals surface area (Å²) in [6, 6.07) is 5.00. The van der Waals surface area contributed by atoms with Gasteiger partial charge >= 0.3 is 0 Å². The minimum absolute atomic E-state index is 0. The first-order valence-corrected chi connectivity index (χ1v) is 7.45. The van der Waals surface area contributed by atoms with Crippen LogP contribution >= 0.6 is 12.4 Å². The zero-order chi connectivity index (χ0) is 14.8. The number of sulfonamides is 1. The van der Waals surface area contributed by atoms with Crippen LogP contribution in [0.5, 0.6) is 0 Å². The van der Waals surface area contributed by atoms with E-state index in [1.54, 1.807) is 0 Å². The summed E-state index contributed by atoms with van der Waals surface area (Å²) in [7, 11) is -3.77. The van der Waals surface area contributed by atoms with Crippen LogP contribution in [0.1, 0.15) is 0 Å². The molecule has 1 atom stereocenters. The van der Waals surface area contributed by atoms with Gasteiger partial charge in [-0.3, -0.25) is 10.1 Å². The van der Waals surface area contributed by atoms with Gasteiger partial charge in [0.15, 0.2) is 0 Å². The number of hydrogen-bond acceptors (Lipinski definition) is 6. The Morgan fingerprint density at radius 2 is 2.19 bits per heavy atom. The van der Waals surface area contributed by atoms with Gasteiger partial charge in [-0.05, 0) is 6.07 Å². The van der Waals surface area contributed by atoms with Crippen LogP contribution in [0.15, 0.2) is 29.2 Å². The Labute approximate surface area is 128 Å². The largest absolute Gasteiger partial charge is 0.374 e. The van der Waals surface area contributed by atoms with Gasteiger partial charge in [-0.15, -0.1) is 12.4 Å². The first-order valence-electron chi connectivity index (χ1n) is 6.01. The summed E-state index contributed by atoms with van der Waals surface area (Å²) in [5.74, 6) is 0. The Morgan fingerprint density at radius 3 is 2.81 bits per heavy atom. The lowest BCUT2D eigenvalue weighted by atomic mass is 10.3. The lowest BCUT2D eigenvalue weighted by Gasteiger charge is -2.31. The van der Waals surface area contributed by atoms with Gasteiger partial charge in [0.2, 0.25) is 10.0 Å². The number of nitro groups is 1. The number of nitro benzene ring substituents is 1. The van der Waals surface area contributed by atoms with Crippen molar-refractivity contribution < 1.29 is 18.1 Å². The van der Waals surface area contributed by atoms with Crippen LogP contribution in [-0.2, 0) is 14.8 Å². The topological polar surface area (TPSA) is 116 Å². The van der Waals surface area contributed by atoms with Gasteiger partial charge in [0.05, 0.1) is 22.5 Å². The molecule has 118 valence electrons. The summed E-state index contributed by atoms with van der Waals surface area (Å²) in [5.41, 5.74) is 5.22. The summed E-state index contributed by atoms with van der Waals surface area (Å²) in [5, 5.41) is 10.7. The zero-order valence-electron chi connectivity index (χ0n) is 11.0. The molecule has 0 aromatic heterocycles. The van der Waals surface area contributed by atoms with Crippen molar-refractivity contribution >= 4 is 28.1 Å². The van der Waals surface area contributed by atoms with Crippen molar-refractivity contribution in [3.63, 3.8) is 0 Å². The SMILES string of the molecule is Cl.NCC1CN(S(=O)(=O)c2cccc([N+](=O)[O-])c2)CCO1. The van der Waals surface area contributed by atoms with E-state index in [1.807, 2.05) is 0 Å². The fourth-order valence-electron chi connectivity index (χ4n) is 1.96. The third-order valence-electron chi connectivity index (χ3n) is 3.03. The van der Waals surface area contributed by atoms with Gasteiger partial charge < -0.3 is 10.5 Å². The van der Waals surface area contributed by atoms with Gasteiger partial charge in [0, 0.05) is 31.8 Å². The number of rotatable bonds is 4. The lowest BCUT2D eigenvalue weighted by Crippen LogP contribution is -2.48. The maximum atomic E-state index is 12.4. The van der Waals surface area contributed by atoms with Crippen LogP contribution in [0.25, 0.3) is 0 Å². The van der Waals surface area contributed by atoms with E-state index in [-0.39, 0.29) is 55.3 Å². The number of halogens is 1. The molecule has 0 saturated carbocycles. The number of non-ortho nitro benzene ring substituents is 1. The summed E-state index contributed by atoms with van der Waals surface area (Å²) in [6.45, 7) is 0.847. The number of hydrogen-bond donors (Lipinski definition) is 1. The predicted molar refractivity (Wildman–Crippen MR) is 77.9 cm³/mol. The van der Waals surface area contributed by atoms with Crippen LogP contribution in [0.4, 0.5) is 5.69 Å². The average molecular weight is 338 g/mol. The second kappa shape index (κ2) is 7.14. The quantitative estimate of drug-likeness (QED) is 0.626. The van der Waals surface area contributed by atoms with Gasteiger partial charge in [0.25, 0.3) is 5.69 Å². The van der Waals surface area contributed by atoms with Crippen molar-refractivity contribution in [3.05, 3.63) is 34.4 Å². The molecule has 0 amide bonds. The number of nitrogens with zero attached hydrogens (tertiary/aromatic N) is 2. The highest BCUT2D eigenvalue weighted by molar-refractivity contribution is 7.89. The molecule has 2 rings (SSSR count). The third-order valence-corrected chi connectivity index (χ3v) is 4.89. The summed E-state index contributed by atoms with van der Waals surface area (Å²) < 4.78 is 31.4. The molecule has 1 unspecified atom stereocenters. The molecule has 2 N–H and O–H groups in total. The minimum atomic E-state index is -3.77. The Bertz CT molecular complexity index is 610. The maximum Gasteiger partial charge on any atom is 0.270 e. The zero-order valence-corrected chi connectivity index (χ0v) is 12.7. The third kappa shape index (κ3) is 3.89. The van der Waals surface area contributed by atoms with E-state index >= 15 is 0 Å². The van der Waals surface area contributed by atoms with Crippen molar-refractivity contribution in [3.8, 4) is 0 Å². The van der Waals surface area contributed by atoms with E-state index in [2.05, 4.69) is 0 Å². The Hall–Kier alpha value is -1.26. The molecular formula is C11H16ClN3O5S. The van der Waals surface area contributed by atoms with Crippen LogP contribution in [0, 0.1) is 10.1 Å². The Kier molecular flexibility index (Phi) is 6.05. The summed E-state index contributed by atoms with van der Waals surface area (Å²) >= 11 is 0.